The maximum absolute atomic E-state index is 13.2. The Balaban J connectivity index is 1.55. The summed E-state index contributed by atoms with van der Waals surface area (Å²) in [6.07, 6.45) is 9.19. The van der Waals surface area contributed by atoms with E-state index in [1.165, 1.54) is 10.9 Å². The fourth-order valence-corrected chi connectivity index (χ4v) is 5.74. The van der Waals surface area contributed by atoms with Crippen molar-refractivity contribution in [1.82, 2.24) is 15.1 Å². The highest BCUT2D eigenvalue weighted by molar-refractivity contribution is 5.96. The number of ether oxygens (including phenoxy) is 1. The van der Waals surface area contributed by atoms with Gasteiger partial charge >= 0.3 is 0 Å². The van der Waals surface area contributed by atoms with Crippen LogP contribution in [0.15, 0.2) is 12.3 Å². The second kappa shape index (κ2) is 7.65. The van der Waals surface area contributed by atoms with Gasteiger partial charge in [0.15, 0.2) is 0 Å². The standard InChI is InChI=1S/C23H34N4O4/c1-13(2)31-20-17(12-25-27(20)6-5-22(3,4)21(24)29)19(28)26-18-15-7-14-8-16(18)11-23(30,9-14)10-15/h5-6,12-16,18,30H,7-11H2,1-4H3,(H2,24,29)(H,26,28)/b6-5+. The van der Waals surface area contributed by atoms with Gasteiger partial charge < -0.3 is 20.9 Å². The third-order valence-electron chi connectivity index (χ3n) is 7.15. The van der Waals surface area contributed by atoms with Crippen molar-refractivity contribution in [3.63, 3.8) is 0 Å². The van der Waals surface area contributed by atoms with Crippen molar-refractivity contribution in [2.24, 2.45) is 28.9 Å². The third-order valence-corrected chi connectivity index (χ3v) is 7.15. The number of aromatic nitrogens is 2. The summed E-state index contributed by atoms with van der Waals surface area (Å²) >= 11 is 0. The molecule has 0 saturated heterocycles. The zero-order chi connectivity index (χ0) is 22.6. The number of hydrogen-bond donors (Lipinski definition) is 3. The second-order valence-electron chi connectivity index (χ2n) is 10.6. The van der Waals surface area contributed by atoms with Gasteiger partial charge in [0.05, 0.1) is 23.3 Å². The van der Waals surface area contributed by atoms with E-state index in [-0.39, 0.29) is 18.1 Å². The fraction of sp³-hybridized carbons (Fsp3) is 0.696. The summed E-state index contributed by atoms with van der Waals surface area (Å²) < 4.78 is 7.39. The van der Waals surface area contributed by atoms with Gasteiger partial charge in [-0.3, -0.25) is 9.59 Å². The lowest BCUT2D eigenvalue weighted by molar-refractivity contribution is -0.137. The molecule has 0 radical (unpaired) electrons. The molecular formula is C23H34N4O4. The summed E-state index contributed by atoms with van der Waals surface area (Å²) in [6, 6.07) is 0.0731. The average molecular weight is 431 g/mol. The van der Waals surface area contributed by atoms with Crippen LogP contribution in [0.4, 0.5) is 0 Å². The van der Waals surface area contributed by atoms with E-state index in [9.17, 15) is 14.7 Å². The number of carbonyl (C=O) groups is 2. The van der Waals surface area contributed by atoms with E-state index in [1.807, 2.05) is 13.8 Å². The lowest BCUT2D eigenvalue weighted by Crippen LogP contribution is -2.61. The van der Waals surface area contributed by atoms with Crippen LogP contribution >= 0.6 is 0 Å². The number of aliphatic hydroxyl groups is 1. The summed E-state index contributed by atoms with van der Waals surface area (Å²) in [4.78, 5) is 24.8. The number of nitrogens with zero attached hydrogens (tertiary/aromatic N) is 2. The first-order valence-corrected chi connectivity index (χ1v) is 11.2. The van der Waals surface area contributed by atoms with Crippen LogP contribution < -0.4 is 15.8 Å². The van der Waals surface area contributed by atoms with E-state index >= 15 is 0 Å². The van der Waals surface area contributed by atoms with Crippen molar-refractivity contribution in [2.45, 2.75) is 77.5 Å². The molecule has 1 heterocycles. The van der Waals surface area contributed by atoms with Crippen molar-refractivity contribution in [3.8, 4) is 5.88 Å². The molecule has 8 nitrogen and oxygen atoms in total. The summed E-state index contributed by atoms with van der Waals surface area (Å²) in [7, 11) is 0. The van der Waals surface area contributed by atoms with Crippen molar-refractivity contribution >= 4 is 18.0 Å². The van der Waals surface area contributed by atoms with Crippen LogP contribution in [-0.4, -0.2) is 44.4 Å². The highest BCUT2D eigenvalue weighted by atomic mass is 16.5. The van der Waals surface area contributed by atoms with Crippen molar-refractivity contribution in [2.75, 3.05) is 0 Å². The van der Waals surface area contributed by atoms with E-state index in [1.54, 1.807) is 26.1 Å². The first-order valence-electron chi connectivity index (χ1n) is 11.2. The molecule has 8 heteroatoms. The Bertz CT molecular complexity index is 887. The molecule has 5 rings (SSSR count). The van der Waals surface area contributed by atoms with Gasteiger partial charge in [0.1, 0.15) is 5.56 Å². The number of rotatable bonds is 7. The molecule has 170 valence electrons. The topological polar surface area (TPSA) is 119 Å². The van der Waals surface area contributed by atoms with Gasteiger partial charge in [-0.1, -0.05) is 6.08 Å². The molecule has 1 aromatic rings. The Morgan fingerprint density at radius 3 is 2.52 bits per heavy atom. The molecule has 4 aliphatic carbocycles. The van der Waals surface area contributed by atoms with E-state index in [0.717, 1.165) is 32.1 Å². The maximum atomic E-state index is 13.2. The number of primary amides is 1. The number of hydrogen-bond acceptors (Lipinski definition) is 5. The van der Waals surface area contributed by atoms with Gasteiger partial charge in [0.25, 0.3) is 5.91 Å². The minimum atomic E-state index is -0.857. The molecule has 0 aromatic carbocycles. The van der Waals surface area contributed by atoms with Gasteiger partial charge in [-0.2, -0.15) is 5.10 Å². The number of nitrogens with one attached hydrogen (secondary N) is 1. The lowest BCUT2D eigenvalue weighted by atomic mass is 9.52. The predicted octanol–water partition coefficient (Wildman–Crippen LogP) is 2.32. The number of carbonyl (C=O) groups excluding carboxylic acids is 2. The smallest absolute Gasteiger partial charge is 0.258 e. The summed E-state index contributed by atoms with van der Waals surface area (Å²) in [6.45, 7) is 7.20. The van der Waals surface area contributed by atoms with Crippen LogP contribution in [-0.2, 0) is 4.79 Å². The second-order valence-corrected chi connectivity index (χ2v) is 10.6. The summed E-state index contributed by atoms with van der Waals surface area (Å²) in [5, 5.41) is 18.3. The van der Waals surface area contributed by atoms with Gasteiger partial charge in [-0.05, 0) is 77.6 Å². The third kappa shape index (κ3) is 4.22. The Kier molecular flexibility index (Phi) is 5.40. The van der Waals surface area contributed by atoms with E-state index < -0.39 is 16.9 Å². The first kappa shape index (κ1) is 21.9. The van der Waals surface area contributed by atoms with Crippen LogP contribution in [0.1, 0.15) is 70.2 Å². The minimum Gasteiger partial charge on any atom is -0.474 e. The minimum absolute atomic E-state index is 0.0731. The summed E-state index contributed by atoms with van der Waals surface area (Å²) in [5.74, 6) is 0.892. The largest absolute Gasteiger partial charge is 0.474 e. The molecule has 2 unspecified atom stereocenters. The van der Waals surface area contributed by atoms with Gasteiger partial charge in [0.2, 0.25) is 11.8 Å². The molecule has 2 atom stereocenters. The van der Waals surface area contributed by atoms with Crippen LogP contribution in [0, 0.1) is 23.2 Å². The van der Waals surface area contributed by atoms with Crippen LogP contribution in [0.3, 0.4) is 0 Å². The molecule has 4 saturated carbocycles. The SMILES string of the molecule is CC(C)Oc1c(C(=O)NC2C3CC4CC2CC(O)(C4)C3)cnn1/C=C/C(C)(C)C(N)=O. The quantitative estimate of drug-likeness (QED) is 0.613. The predicted molar refractivity (Wildman–Crippen MR) is 116 cm³/mol. The van der Waals surface area contributed by atoms with E-state index in [0.29, 0.717) is 29.2 Å². The molecule has 0 spiro atoms. The van der Waals surface area contributed by atoms with Crippen molar-refractivity contribution < 1.29 is 19.4 Å². The molecule has 4 bridgehead atoms. The van der Waals surface area contributed by atoms with Crippen LogP contribution in [0.5, 0.6) is 5.88 Å². The van der Waals surface area contributed by atoms with Crippen LogP contribution in [0.25, 0.3) is 6.20 Å². The van der Waals surface area contributed by atoms with E-state index in [2.05, 4.69) is 10.4 Å². The molecular weight excluding hydrogens is 396 g/mol. The molecule has 4 N–H and O–H groups in total. The highest BCUT2D eigenvalue weighted by Gasteiger charge is 2.55. The van der Waals surface area contributed by atoms with Gasteiger partial charge in [0, 0.05) is 12.2 Å². The molecule has 31 heavy (non-hydrogen) atoms. The Hall–Kier alpha value is -2.35. The molecule has 4 aliphatic rings. The number of nitrogens with two attached hydrogens (primary N) is 1. The Labute approximate surface area is 183 Å². The first-order chi connectivity index (χ1) is 14.5. The summed E-state index contributed by atoms with van der Waals surface area (Å²) in [5.41, 5.74) is 4.42. The monoisotopic (exact) mass is 430 g/mol. The van der Waals surface area contributed by atoms with Gasteiger partial charge in [-0.25, -0.2) is 4.68 Å². The van der Waals surface area contributed by atoms with Gasteiger partial charge in [-0.15, -0.1) is 0 Å². The van der Waals surface area contributed by atoms with E-state index in [4.69, 9.17) is 10.5 Å². The normalized spacial score (nSPS) is 32.1. The van der Waals surface area contributed by atoms with Crippen molar-refractivity contribution in [3.05, 3.63) is 17.8 Å². The Morgan fingerprint density at radius 1 is 1.32 bits per heavy atom. The van der Waals surface area contributed by atoms with Crippen LogP contribution in [0.2, 0.25) is 0 Å². The zero-order valence-corrected chi connectivity index (χ0v) is 18.8. The Morgan fingerprint density at radius 2 is 1.97 bits per heavy atom. The zero-order valence-electron chi connectivity index (χ0n) is 18.8. The molecule has 4 fully saturated rings. The molecule has 1 aromatic heterocycles. The van der Waals surface area contributed by atoms with Crippen molar-refractivity contribution in [1.29, 1.82) is 0 Å². The molecule has 0 aliphatic heterocycles. The fourth-order valence-electron chi connectivity index (χ4n) is 5.74. The number of amides is 2. The molecule has 2 amide bonds. The maximum Gasteiger partial charge on any atom is 0.258 e. The lowest BCUT2D eigenvalue weighted by Gasteiger charge is -2.58. The average Bonchev–Trinajstić information content (AvgIpc) is 3.03. The highest BCUT2D eigenvalue weighted by Crippen LogP contribution is 2.55.